The minimum absolute atomic E-state index is 0.0773. The Morgan fingerprint density at radius 3 is 2.21 bits per heavy atom. The van der Waals surface area contributed by atoms with Crippen molar-refractivity contribution in [1.82, 2.24) is 0 Å². The summed E-state index contributed by atoms with van der Waals surface area (Å²) in [6.07, 6.45) is 2.71. The van der Waals surface area contributed by atoms with Gasteiger partial charge >= 0.3 is 0 Å². The Morgan fingerprint density at radius 1 is 0.947 bits per heavy atom. The molecule has 0 heterocycles. The first-order valence-corrected chi connectivity index (χ1v) is 6.21. The molecule has 0 aliphatic rings. The van der Waals surface area contributed by atoms with Gasteiger partial charge in [0, 0.05) is 0 Å². The number of aliphatic imine (C=N–C) groups is 2. The van der Waals surface area contributed by atoms with Crippen LogP contribution in [-0.2, 0) is 0 Å². The van der Waals surface area contributed by atoms with Crippen LogP contribution in [-0.4, -0.2) is 12.7 Å². The van der Waals surface area contributed by atoms with Crippen molar-refractivity contribution in [3.63, 3.8) is 0 Å². The van der Waals surface area contributed by atoms with Crippen molar-refractivity contribution in [3.05, 3.63) is 60.2 Å². The standard InChI is InChI=1S/C16H17N3/c1-13(19-12-18-11-17)14-7-9-16(10-8-14)15-5-3-2-4-6-15/h2-13H,1H3,(H2,17,18,19). The lowest BCUT2D eigenvalue weighted by molar-refractivity contribution is 0.824. The lowest BCUT2D eigenvalue weighted by atomic mass is 10.0. The summed E-state index contributed by atoms with van der Waals surface area (Å²) >= 11 is 0. The highest BCUT2D eigenvalue weighted by molar-refractivity contribution is 5.69. The molecule has 1 atom stereocenters. The van der Waals surface area contributed by atoms with E-state index in [9.17, 15) is 0 Å². The Kier molecular flexibility index (Phi) is 4.45. The quantitative estimate of drug-likeness (QED) is 0.657. The molecule has 0 fully saturated rings. The van der Waals surface area contributed by atoms with Crippen LogP contribution < -0.4 is 5.73 Å². The summed E-state index contributed by atoms with van der Waals surface area (Å²) in [6.45, 7) is 2.03. The Labute approximate surface area is 113 Å². The molecular formula is C16H17N3. The zero-order valence-corrected chi connectivity index (χ0v) is 10.9. The van der Waals surface area contributed by atoms with Gasteiger partial charge in [-0.15, -0.1) is 0 Å². The topological polar surface area (TPSA) is 50.7 Å². The highest BCUT2D eigenvalue weighted by atomic mass is 14.9. The molecule has 3 heteroatoms. The molecule has 0 saturated carbocycles. The molecule has 3 nitrogen and oxygen atoms in total. The van der Waals surface area contributed by atoms with Gasteiger partial charge in [0.05, 0.1) is 12.4 Å². The van der Waals surface area contributed by atoms with Crippen LogP contribution in [0.3, 0.4) is 0 Å². The Hall–Kier alpha value is -2.42. The summed E-state index contributed by atoms with van der Waals surface area (Å²) in [7, 11) is 0. The largest absolute Gasteiger partial charge is 0.390 e. The van der Waals surface area contributed by atoms with E-state index in [2.05, 4.69) is 46.4 Å². The second-order valence-corrected chi connectivity index (χ2v) is 4.23. The number of nitrogens with two attached hydrogens (primary N) is 1. The van der Waals surface area contributed by atoms with Crippen LogP contribution in [0.15, 0.2) is 64.6 Å². The molecule has 19 heavy (non-hydrogen) atoms. The molecule has 0 spiro atoms. The van der Waals surface area contributed by atoms with Crippen molar-refractivity contribution in [1.29, 1.82) is 0 Å². The highest BCUT2D eigenvalue weighted by Gasteiger charge is 2.03. The van der Waals surface area contributed by atoms with Gasteiger partial charge in [0.1, 0.15) is 6.34 Å². The van der Waals surface area contributed by atoms with Crippen molar-refractivity contribution in [2.24, 2.45) is 15.7 Å². The maximum absolute atomic E-state index is 5.15. The van der Waals surface area contributed by atoms with E-state index < -0.39 is 0 Å². The van der Waals surface area contributed by atoms with E-state index in [0.717, 1.165) is 5.56 Å². The Balaban J connectivity index is 2.15. The molecule has 0 aromatic heterocycles. The number of hydrogen-bond acceptors (Lipinski definition) is 1. The highest BCUT2D eigenvalue weighted by Crippen LogP contribution is 2.22. The summed E-state index contributed by atoms with van der Waals surface area (Å²) in [5.74, 6) is 0. The number of hydrogen-bond donors (Lipinski definition) is 1. The lowest BCUT2D eigenvalue weighted by Crippen LogP contribution is -1.92. The summed E-state index contributed by atoms with van der Waals surface area (Å²) in [5.41, 5.74) is 8.74. The lowest BCUT2D eigenvalue weighted by Gasteiger charge is -2.07. The molecule has 2 aromatic carbocycles. The van der Waals surface area contributed by atoms with Gasteiger partial charge in [-0.3, -0.25) is 4.99 Å². The normalized spacial score (nSPS) is 13.1. The maximum atomic E-state index is 5.15. The van der Waals surface area contributed by atoms with Gasteiger partial charge in [0.2, 0.25) is 0 Å². The molecule has 0 aliphatic carbocycles. The molecule has 2 N–H and O–H groups in total. The first-order chi connectivity index (χ1) is 9.31. The molecule has 0 amide bonds. The van der Waals surface area contributed by atoms with E-state index in [1.807, 2.05) is 25.1 Å². The monoisotopic (exact) mass is 251 g/mol. The second kappa shape index (κ2) is 6.50. The second-order valence-electron chi connectivity index (χ2n) is 4.23. The fourth-order valence-corrected chi connectivity index (χ4v) is 1.85. The predicted molar refractivity (Wildman–Crippen MR) is 81.5 cm³/mol. The van der Waals surface area contributed by atoms with Crippen molar-refractivity contribution in [3.8, 4) is 11.1 Å². The van der Waals surface area contributed by atoms with Crippen LogP contribution in [0.25, 0.3) is 11.1 Å². The predicted octanol–water partition coefficient (Wildman–Crippen LogP) is 3.43. The molecule has 2 aromatic rings. The van der Waals surface area contributed by atoms with Gasteiger partial charge < -0.3 is 5.73 Å². The van der Waals surface area contributed by atoms with Crippen molar-refractivity contribution in [2.45, 2.75) is 13.0 Å². The van der Waals surface area contributed by atoms with E-state index in [1.54, 1.807) is 0 Å². The number of rotatable bonds is 4. The van der Waals surface area contributed by atoms with Crippen molar-refractivity contribution >= 4 is 12.7 Å². The summed E-state index contributed by atoms with van der Waals surface area (Å²) in [5, 5.41) is 0. The molecule has 0 saturated heterocycles. The molecule has 0 aliphatic heterocycles. The first kappa shape index (κ1) is 13.0. The third-order valence-corrected chi connectivity index (χ3v) is 2.94. The maximum Gasteiger partial charge on any atom is 0.112 e. The third kappa shape index (κ3) is 3.52. The van der Waals surface area contributed by atoms with Crippen LogP contribution in [0.5, 0.6) is 0 Å². The van der Waals surface area contributed by atoms with Crippen LogP contribution in [0.4, 0.5) is 0 Å². The van der Waals surface area contributed by atoms with E-state index in [0.29, 0.717) is 0 Å². The Morgan fingerprint density at radius 2 is 1.58 bits per heavy atom. The fourth-order valence-electron chi connectivity index (χ4n) is 1.85. The first-order valence-electron chi connectivity index (χ1n) is 6.21. The van der Waals surface area contributed by atoms with Gasteiger partial charge in [-0.05, 0) is 23.6 Å². The van der Waals surface area contributed by atoms with Gasteiger partial charge in [-0.25, -0.2) is 4.99 Å². The molecule has 0 bridgehead atoms. The van der Waals surface area contributed by atoms with Crippen LogP contribution >= 0.6 is 0 Å². The average Bonchev–Trinajstić information content (AvgIpc) is 2.48. The summed E-state index contributed by atoms with van der Waals surface area (Å²) < 4.78 is 0. The fraction of sp³-hybridized carbons (Fsp3) is 0.125. The van der Waals surface area contributed by atoms with E-state index in [4.69, 9.17) is 5.73 Å². The molecular weight excluding hydrogens is 234 g/mol. The molecule has 2 rings (SSSR count). The molecule has 1 unspecified atom stereocenters. The van der Waals surface area contributed by atoms with Crippen molar-refractivity contribution in [2.75, 3.05) is 0 Å². The summed E-state index contributed by atoms with van der Waals surface area (Å²) in [4.78, 5) is 8.05. The zero-order chi connectivity index (χ0) is 13.5. The van der Waals surface area contributed by atoms with E-state index >= 15 is 0 Å². The van der Waals surface area contributed by atoms with E-state index in [-0.39, 0.29) is 6.04 Å². The minimum atomic E-state index is 0.0773. The van der Waals surface area contributed by atoms with Crippen LogP contribution in [0.2, 0.25) is 0 Å². The van der Waals surface area contributed by atoms with Crippen LogP contribution in [0.1, 0.15) is 18.5 Å². The van der Waals surface area contributed by atoms with Crippen molar-refractivity contribution < 1.29 is 0 Å². The molecule has 0 radical (unpaired) electrons. The smallest absolute Gasteiger partial charge is 0.112 e. The number of benzene rings is 2. The van der Waals surface area contributed by atoms with E-state index in [1.165, 1.54) is 23.8 Å². The zero-order valence-electron chi connectivity index (χ0n) is 10.9. The van der Waals surface area contributed by atoms with Crippen LogP contribution in [0, 0.1) is 0 Å². The van der Waals surface area contributed by atoms with Gasteiger partial charge in [-0.2, -0.15) is 0 Å². The Bertz CT molecular complexity index is 556. The van der Waals surface area contributed by atoms with Gasteiger partial charge in [0.25, 0.3) is 0 Å². The number of nitrogens with zero attached hydrogens (tertiary/aromatic N) is 2. The summed E-state index contributed by atoms with van der Waals surface area (Å²) in [6, 6.07) is 18.8. The average molecular weight is 251 g/mol. The van der Waals surface area contributed by atoms with Gasteiger partial charge in [-0.1, -0.05) is 54.6 Å². The van der Waals surface area contributed by atoms with Gasteiger partial charge in [0.15, 0.2) is 0 Å². The molecule has 96 valence electrons. The third-order valence-electron chi connectivity index (χ3n) is 2.94. The minimum Gasteiger partial charge on any atom is -0.390 e. The SMILES string of the molecule is CC(N=CN=CN)c1ccc(-c2ccccc2)cc1.